The van der Waals surface area contributed by atoms with E-state index in [-0.39, 0.29) is 19.1 Å². The molecule has 1 atom stereocenters. The van der Waals surface area contributed by atoms with Crippen molar-refractivity contribution in [2.75, 3.05) is 27.4 Å². The summed E-state index contributed by atoms with van der Waals surface area (Å²) in [6.45, 7) is 2.39. The van der Waals surface area contributed by atoms with Gasteiger partial charge in [0.1, 0.15) is 6.61 Å². The minimum Gasteiger partial charge on any atom is -0.458 e. The number of esters is 1. The van der Waals surface area contributed by atoms with Crippen molar-refractivity contribution in [1.29, 1.82) is 0 Å². The van der Waals surface area contributed by atoms with Gasteiger partial charge in [-0.05, 0) is 20.4 Å². The molecule has 0 radical (unpaired) electrons. The molecule has 0 bridgehead atoms. The first-order chi connectivity index (χ1) is 7.11. The summed E-state index contributed by atoms with van der Waals surface area (Å²) in [6.07, 6.45) is 0.850. The minimum atomic E-state index is -0.768. The number of nitrogens with one attached hydrogen (secondary N) is 1. The van der Waals surface area contributed by atoms with E-state index in [1.54, 1.807) is 0 Å². The van der Waals surface area contributed by atoms with Gasteiger partial charge in [-0.2, -0.15) is 0 Å². The van der Waals surface area contributed by atoms with Crippen molar-refractivity contribution in [1.82, 2.24) is 5.32 Å². The van der Waals surface area contributed by atoms with E-state index in [4.69, 9.17) is 0 Å². The van der Waals surface area contributed by atoms with Crippen LogP contribution in [-0.4, -0.2) is 45.2 Å². The lowest BCUT2D eigenvalue weighted by atomic mass is 10.1. The molecule has 0 spiro atoms. The average molecular weight is 217 g/mol. The van der Waals surface area contributed by atoms with Crippen LogP contribution in [0.25, 0.3) is 0 Å². The molecule has 15 heavy (non-hydrogen) atoms. The maximum Gasteiger partial charge on any atom is 0.374 e. The van der Waals surface area contributed by atoms with Crippen LogP contribution >= 0.6 is 0 Å². The summed E-state index contributed by atoms with van der Waals surface area (Å²) in [4.78, 5) is 22.3. The Morgan fingerprint density at radius 2 is 2.00 bits per heavy atom. The molecule has 0 aromatic heterocycles. The Morgan fingerprint density at radius 1 is 1.33 bits per heavy atom. The molecular formula is C10H19NO4. The molecule has 0 aromatic carbocycles. The van der Waals surface area contributed by atoms with Crippen LogP contribution in [0.1, 0.15) is 19.8 Å². The highest BCUT2D eigenvalue weighted by molar-refractivity contribution is 6.33. The van der Waals surface area contributed by atoms with E-state index in [1.807, 2.05) is 14.0 Å². The number of carbonyl (C=O) groups is 2. The van der Waals surface area contributed by atoms with Crippen LogP contribution in [0.2, 0.25) is 0 Å². The van der Waals surface area contributed by atoms with Crippen LogP contribution < -0.4 is 5.32 Å². The van der Waals surface area contributed by atoms with Crippen molar-refractivity contribution in [3.05, 3.63) is 0 Å². The lowest BCUT2D eigenvalue weighted by Crippen LogP contribution is -2.25. The van der Waals surface area contributed by atoms with E-state index in [9.17, 15) is 9.59 Å². The number of ether oxygens (including phenoxy) is 2. The van der Waals surface area contributed by atoms with Gasteiger partial charge < -0.3 is 14.8 Å². The molecule has 5 nitrogen and oxygen atoms in total. The Hall–Kier alpha value is -0.940. The number of ketones is 1. The highest BCUT2D eigenvalue weighted by Gasteiger charge is 2.15. The highest BCUT2D eigenvalue weighted by Crippen LogP contribution is 1.98. The molecule has 0 aromatic rings. The molecule has 0 amide bonds. The van der Waals surface area contributed by atoms with Gasteiger partial charge >= 0.3 is 5.97 Å². The molecule has 88 valence electrons. The molecule has 0 aliphatic rings. The van der Waals surface area contributed by atoms with Gasteiger partial charge in [0.15, 0.2) is 0 Å². The summed E-state index contributed by atoms with van der Waals surface area (Å²) in [5.41, 5.74) is 0. The Morgan fingerprint density at radius 3 is 2.53 bits per heavy atom. The molecule has 0 saturated carbocycles. The molecule has 0 rings (SSSR count). The second-order valence-corrected chi connectivity index (χ2v) is 3.28. The van der Waals surface area contributed by atoms with Crippen molar-refractivity contribution in [3.63, 3.8) is 0 Å². The van der Waals surface area contributed by atoms with E-state index in [2.05, 4.69) is 14.8 Å². The van der Waals surface area contributed by atoms with Crippen LogP contribution in [0.5, 0.6) is 0 Å². The second kappa shape index (κ2) is 8.38. The molecule has 0 aliphatic heterocycles. The standard InChI is InChI=1S/C10H19NO4/c1-8(11-2)4-5-9(12)10(13)15-7-6-14-3/h8,11H,4-7H2,1-3H3/t8-/m1/s1. The number of Topliss-reactive ketones (excluding diaryl/α,β-unsaturated/α-hetero) is 1. The summed E-state index contributed by atoms with van der Waals surface area (Å²) in [5, 5.41) is 2.99. The van der Waals surface area contributed by atoms with Crippen LogP contribution in [0, 0.1) is 0 Å². The number of hydrogen-bond acceptors (Lipinski definition) is 5. The Kier molecular flexibility index (Phi) is 7.85. The van der Waals surface area contributed by atoms with Gasteiger partial charge in [0.25, 0.3) is 0 Å². The van der Waals surface area contributed by atoms with Crippen molar-refractivity contribution in [2.24, 2.45) is 0 Å². The normalized spacial score (nSPS) is 12.2. The zero-order chi connectivity index (χ0) is 11.7. The summed E-state index contributed by atoms with van der Waals surface area (Å²) in [5.74, 6) is -1.25. The number of methoxy groups -OCH3 is 1. The number of carbonyl (C=O) groups excluding carboxylic acids is 2. The van der Waals surface area contributed by atoms with E-state index < -0.39 is 11.8 Å². The fourth-order valence-corrected chi connectivity index (χ4v) is 0.892. The number of hydrogen-bond donors (Lipinski definition) is 1. The van der Waals surface area contributed by atoms with E-state index in [0.29, 0.717) is 13.0 Å². The average Bonchev–Trinajstić information content (AvgIpc) is 2.25. The third kappa shape index (κ3) is 7.04. The monoisotopic (exact) mass is 217 g/mol. The first-order valence-corrected chi connectivity index (χ1v) is 4.98. The fraction of sp³-hybridized carbons (Fsp3) is 0.800. The second-order valence-electron chi connectivity index (χ2n) is 3.28. The van der Waals surface area contributed by atoms with Gasteiger partial charge in [0, 0.05) is 19.6 Å². The SMILES string of the molecule is CN[C@H](C)CCC(=O)C(=O)OCCOC. The maximum absolute atomic E-state index is 11.2. The summed E-state index contributed by atoms with van der Waals surface area (Å²) < 4.78 is 9.37. The summed E-state index contributed by atoms with van der Waals surface area (Å²) in [6, 6.07) is 0.223. The van der Waals surface area contributed by atoms with Crippen molar-refractivity contribution >= 4 is 11.8 Å². The van der Waals surface area contributed by atoms with E-state index in [1.165, 1.54) is 7.11 Å². The Bertz CT molecular complexity index is 206. The molecule has 0 heterocycles. The first-order valence-electron chi connectivity index (χ1n) is 4.98. The third-order valence-electron chi connectivity index (χ3n) is 2.05. The molecule has 5 heteroatoms. The summed E-state index contributed by atoms with van der Waals surface area (Å²) in [7, 11) is 3.32. The van der Waals surface area contributed by atoms with Crippen LogP contribution in [0.4, 0.5) is 0 Å². The summed E-state index contributed by atoms with van der Waals surface area (Å²) >= 11 is 0. The molecule has 0 fully saturated rings. The highest BCUT2D eigenvalue weighted by atomic mass is 16.6. The van der Waals surface area contributed by atoms with Crippen LogP contribution in [0.3, 0.4) is 0 Å². The molecule has 0 saturated heterocycles. The number of rotatable bonds is 8. The fourth-order valence-electron chi connectivity index (χ4n) is 0.892. The molecular weight excluding hydrogens is 198 g/mol. The zero-order valence-electron chi connectivity index (χ0n) is 9.54. The Labute approximate surface area is 90.1 Å². The van der Waals surface area contributed by atoms with Crippen LogP contribution in [0.15, 0.2) is 0 Å². The zero-order valence-corrected chi connectivity index (χ0v) is 9.54. The van der Waals surface area contributed by atoms with Gasteiger partial charge in [0.2, 0.25) is 5.78 Å². The lowest BCUT2D eigenvalue weighted by Gasteiger charge is -2.08. The quantitative estimate of drug-likeness (QED) is 0.356. The molecule has 1 N–H and O–H groups in total. The lowest BCUT2D eigenvalue weighted by molar-refractivity contribution is -0.154. The topological polar surface area (TPSA) is 64.6 Å². The van der Waals surface area contributed by atoms with Gasteiger partial charge in [-0.15, -0.1) is 0 Å². The van der Waals surface area contributed by atoms with Gasteiger partial charge in [-0.25, -0.2) is 4.79 Å². The third-order valence-corrected chi connectivity index (χ3v) is 2.05. The minimum absolute atomic E-state index is 0.128. The van der Waals surface area contributed by atoms with E-state index in [0.717, 1.165) is 0 Å². The van der Waals surface area contributed by atoms with Crippen molar-refractivity contribution in [2.45, 2.75) is 25.8 Å². The van der Waals surface area contributed by atoms with Crippen LogP contribution in [-0.2, 0) is 19.1 Å². The van der Waals surface area contributed by atoms with E-state index >= 15 is 0 Å². The van der Waals surface area contributed by atoms with Crippen molar-refractivity contribution < 1.29 is 19.1 Å². The maximum atomic E-state index is 11.2. The van der Waals surface area contributed by atoms with Gasteiger partial charge in [-0.1, -0.05) is 0 Å². The largest absolute Gasteiger partial charge is 0.458 e. The van der Waals surface area contributed by atoms with Gasteiger partial charge in [0.05, 0.1) is 6.61 Å². The smallest absolute Gasteiger partial charge is 0.374 e. The van der Waals surface area contributed by atoms with Crippen molar-refractivity contribution in [3.8, 4) is 0 Å². The Balaban J connectivity index is 3.65. The molecule has 0 aliphatic carbocycles. The molecule has 0 unspecified atom stereocenters. The first kappa shape index (κ1) is 14.1. The predicted molar refractivity (Wildman–Crippen MR) is 55.6 cm³/mol. The van der Waals surface area contributed by atoms with Gasteiger partial charge in [-0.3, -0.25) is 4.79 Å². The predicted octanol–water partition coefficient (Wildman–Crippen LogP) is 0.133.